The molecule has 36 heavy (non-hydrogen) atoms. The van der Waals surface area contributed by atoms with E-state index in [-0.39, 0.29) is 28.6 Å². The summed E-state index contributed by atoms with van der Waals surface area (Å²) in [6.07, 6.45) is 1.37. The second-order valence-corrected chi connectivity index (χ2v) is 11.2. The highest BCUT2D eigenvalue weighted by molar-refractivity contribution is 14.1. The Kier molecular flexibility index (Phi) is 6.81. The van der Waals surface area contributed by atoms with Crippen molar-refractivity contribution in [3.63, 3.8) is 0 Å². The maximum Gasteiger partial charge on any atom is 0.307 e. The Labute approximate surface area is 219 Å². The SMILES string of the molecule is CN(C)S(=O)(=O)n1ccc2c(Oc3cc(=O)n(C)c(Nc4ccc(I)cc4F)c3C(N)=O)cccc21. The number of benzene rings is 2. The third kappa shape index (κ3) is 4.56. The van der Waals surface area contributed by atoms with E-state index in [1.54, 1.807) is 24.3 Å². The van der Waals surface area contributed by atoms with Crippen LogP contribution in [0.5, 0.6) is 11.5 Å². The summed E-state index contributed by atoms with van der Waals surface area (Å²) in [4.78, 5) is 25.2. The fourth-order valence-electron chi connectivity index (χ4n) is 3.56. The topological polar surface area (TPSA) is 129 Å². The molecule has 13 heteroatoms. The van der Waals surface area contributed by atoms with E-state index in [1.807, 2.05) is 22.6 Å². The Morgan fingerprint density at radius 2 is 1.86 bits per heavy atom. The van der Waals surface area contributed by atoms with Gasteiger partial charge in [0.25, 0.3) is 11.5 Å². The van der Waals surface area contributed by atoms with Gasteiger partial charge in [-0.05, 0) is 59.0 Å². The maximum atomic E-state index is 14.5. The third-order valence-electron chi connectivity index (χ3n) is 5.42. The van der Waals surface area contributed by atoms with Gasteiger partial charge in [-0.25, -0.2) is 8.36 Å². The van der Waals surface area contributed by atoms with Gasteiger partial charge in [-0.2, -0.15) is 12.7 Å². The third-order valence-corrected chi connectivity index (χ3v) is 7.83. The van der Waals surface area contributed by atoms with Crippen LogP contribution in [0.3, 0.4) is 0 Å². The van der Waals surface area contributed by atoms with E-state index in [4.69, 9.17) is 10.5 Å². The molecule has 0 aliphatic rings. The largest absolute Gasteiger partial charge is 0.455 e. The van der Waals surface area contributed by atoms with Crippen molar-refractivity contribution in [1.82, 2.24) is 12.8 Å². The number of aromatic nitrogens is 2. The molecule has 4 aromatic rings. The molecular weight excluding hydrogens is 604 g/mol. The lowest BCUT2D eigenvalue weighted by Crippen LogP contribution is -2.28. The number of pyridine rings is 1. The first-order valence-electron chi connectivity index (χ1n) is 10.4. The molecule has 0 spiro atoms. The Morgan fingerprint density at radius 1 is 1.14 bits per heavy atom. The number of primary amides is 1. The molecule has 2 aromatic carbocycles. The van der Waals surface area contributed by atoms with Crippen molar-refractivity contribution in [2.75, 3.05) is 19.4 Å². The first-order chi connectivity index (χ1) is 16.9. The molecule has 0 unspecified atom stereocenters. The minimum Gasteiger partial charge on any atom is -0.455 e. The molecule has 1 amide bonds. The van der Waals surface area contributed by atoms with Crippen LogP contribution in [0.15, 0.2) is 59.5 Å². The number of anilines is 2. The normalized spacial score (nSPS) is 11.7. The van der Waals surface area contributed by atoms with Crippen molar-refractivity contribution in [3.8, 4) is 11.5 Å². The zero-order valence-electron chi connectivity index (χ0n) is 19.3. The second kappa shape index (κ2) is 9.55. The van der Waals surface area contributed by atoms with Crippen LogP contribution in [0.1, 0.15) is 10.4 Å². The van der Waals surface area contributed by atoms with Gasteiger partial charge in [-0.15, -0.1) is 0 Å². The van der Waals surface area contributed by atoms with Crippen molar-refractivity contribution < 1.29 is 22.3 Å². The predicted octanol–water partition coefficient (Wildman–Crippen LogP) is 3.37. The van der Waals surface area contributed by atoms with Gasteiger partial charge in [0.15, 0.2) is 0 Å². The number of nitrogens with zero attached hydrogens (tertiary/aromatic N) is 3. The van der Waals surface area contributed by atoms with Crippen molar-refractivity contribution >= 4 is 61.1 Å². The van der Waals surface area contributed by atoms with Crippen molar-refractivity contribution in [2.24, 2.45) is 12.8 Å². The standard InChI is InChI=1S/C23H21FIN5O5S/c1-28(2)36(33,34)30-10-9-14-17(30)5-4-6-18(14)35-19-12-20(31)29(3)23(21(19)22(26)32)27-16-8-7-13(25)11-15(16)24/h4-12,27H,1-3H3,(H2,26,32). The molecule has 0 aliphatic carbocycles. The Bertz CT molecular complexity index is 1680. The molecule has 0 saturated carbocycles. The number of carbonyl (C=O) groups excluding carboxylic acids is 1. The molecule has 0 radical (unpaired) electrons. The van der Waals surface area contributed by atoms with Crippen molar-refractivity contribution in [3.05, 3.63) is 80.0 Å². The van der Waals surface area contributed by atoms with Gasteiger partial charge in [0.1, 0.15) is 28.7 Å². The molecule has 3 N–H and O–H groups in total. The summed E-state index contributed by atoms with van der Waals surface area (Å²) in [6.45, 7) is 0. The molecule has 0 aliphatic heterocycles. The lowest BCUT2D eigenvalue weighted by Gasteiger charge is -2.18. The average Bonchev–Trinajstić information content (AvgIpc) is 3.24. The van der Waals surface area contributed by atoms with E-state index in [2.05, 4.69) is 5.32 Å². The van der Waals surface area contributed by atoms with Gasteiger partial charge in [0, 0.05) is 42.4 Å². The van der Waals surface area contributed by atoms with Crippen LogP contribution in [-0.4, -0.2) is 41.3 Å². The highest BCUT2D eigenvalue weighted by Crippen LogP contribution is 2.35. The molecular formula is C23H21FIN5O5S. The predicted molar refractivity (Wildman–Crippen MR) is 143 cm³/mol. The zero-order chi connectivity index (χ0) is 26.4. The van der Waals surface area contributed by atoms with E-state index in [0.717, 1.165) is 18.9 Å². The average molecular weight is 625 g/mol. The molecule has 0 bridgehead atoms. The van der Waals surface area contributed by atoms with Gasteiger partial charge in [0.05, 0.1) is 11.2 Å². The van der Waals surface area contributed by atoms with E-state index in [9.17, 15) is 22.4 Å². The van der Waals surface area contributed by atoms with Crippen molar-refractivity contribution in [1.29, 1.82) is 0 Å². The fraction of sp³-hybridized carbons (Fsp3) is 0.130. The molecule has 2 aromatic heterocycles. The summed E-state index contributed by atoms with van der Waals surface area (Å²) in [6, 6.07) is 11.8. The Hall–Kier alpha value is -3.43. The van der Waals surface area contributed by atoms with Crippen LogP contribution in [0.25, 0.3) is 10.9 Å². The summed E-state index contributed by atoms with van der Waals surface area (Å²) in [5.41, 5.74) is 5.26. The molecule has 0 saturated heterocycles. The highest BCUT2D eigenvalue weighted by atomic mass is 127. The summed E-state index contributed by atoms with van der Waals surface area (Å²) in [7, 11) is 0.406. The van der Waals surface area contributed by atoms with Crippen LogP contribution in [0.4, 0.5) is 15.9 Å². The van der Waals surface area contributed by atoms with Crippen LogP contribution < -0.4 is 21.3 Å². The number of ether oxygens (including phenoxy) is 1. The number of rotatable bonds is 7. The van der Waals surface area contributed by atoms with Gasteiger partial charge >= 0.3 is 10.2 Å². The Balaban J connectivity index is 1.86. The first-order valence-corrected chi connectivity index (χ1v) is 12.9. The molecule has 2 heterocycles. The van der Waals surface area contributed by atoms with Crippen molar-refractivity contribution in [2.45, 2.75) is 0 Å². The number of amides is 1. The molecule has 0 atom stereocenters. The van der Waals surface area contributed by atoms with Crippen LogP contribution in [-0.2, 0) is 17.3 Å². The summed E-state index contributed by atoms with van der Waals surface area (Å²) in [5, 5.41) is 3.19. The quantitative estimate of drug-likeness (QED) is 0.303. The monoisotopic (exact) mass is 625 g/mol. The number of carbonyl (C=O) groups is 1. The summed E-state index contributed by atoms with van der Waals surface area (Å²) < 4.78 is 49.8. The highest BCUT2D eigenvalue weighted by Gasteiger charge is 2.24. The van der Waals surface area contributed by atoms with Crippen LogP contribution >= 0.6 is 22.6 Å². The maximum absolute atomic E-state index is 14.5. The molecule has 4 rings (SSSR count). The number of hydrogen-bond acceptors (Lipinski definition) is 6. The first kappa shape index (κ1) is 25.7. The number of hydrogen-bond donors (Lipinski definition) is 2. The minimum atomic E-state index is -3.81. The molecule has 10 nitrogen and oxygen atoms in total. The van der Waals surface area contributed by atoms with E-state index < -0.39 is 27.5 Å². The second-order valence-electron chi connectivity index (χ2n) is 7.94. The minimum absolute atomic E-state index is 0.0261. The van der Waals surface area contributed by atoms with Crippen LogP contribution in [0, 0.1) is 9.39 Å². The van der Waals surface area contributed by atoms with E-state index in [0.29, 0.717) is 14.5 Å². The number of halogens is 2. The lowest BCUT2D eigenvalue weighted by atomic mass is 10.2. The number of nitrogens with one attached hydrogen (secondary N) is 1. The molecule has 188 valence electrons. The van der Waals surface area contributed by atoms with E-state index >= 15 is 0 Å². The smallest absolute Gasteiger partial charge is 0.307 e. The van der Waals surface area contributed by atoms with Gasteiger partial charge in [-0.1, -0.05) is 6.07 Å². The summed E-state index contributed by atoms with van der Waals surface area (Å²) in [5.74, 6) is -1.57. The van der Waals surface area contributed by atoms with Gasteiger partial charge < -0.3 is 15.8 Å². The lowest BCUT2D eigenvalue weighted by molar-refractivity contribution is 0.0998. The number of fused-ring (bicyclic) bond motifs is 1. The van der Waals surface area contributed by atoms with Gasteiger partial charge in [-0.3, -0.25) is 14.2 Å². The van der Waals surface area contributed by atoms with E-state index in [1.165, 1.54) is 45.5 Å². The Morgan fingerprint density at radius 3 is 2.50 bits per heavy atom. The zero-order valence-corrected chi connectivity index (χ0v) is 22.3. The van der Waals surface area contributed by atoms with Gasteiger partial charge in [0.2, 0.25) is 0 Å². The molecule has 0 fully saturated rings. The van der Waals surface area contributed by atoms with Crippen LogP contribution in [0.2, 0.25) is 0 Å². The fourth-order valence-corrected chi connectivity index (χ4v) is 4.99. The summed E-state index contributed by atoms with van der Waals surface area (Å²) >= 11 is 1.96. The number of nitrogens with two attached hydrogens (primary N) is 1.